The first-order valence-corrected chi connectivity index (χ1v) is 15.1. The Labute approximate surface area is 214 Å². The average Bonchev–Trinajstić information content (AvgIpc) is 3.22. The molecule has 0 nitrogen and oxygen atoms in total. The van der Waals surface area contributed by atoms with Crippen LogP contribution in [-0.4, -0.2) is 0 Å². The van der Waals surface area contributed by atoms with E-state index in [2.05, 4.69) is 127 Å². The van der Waals surface area contributed by atoms with Crippen LogP contribution in [0, 0.1) is 0 Å². The fourth-order valence-electron chi connectivity index (χ4n) is 6.25. The summed E-state index contributed by atoms with van der Waals surface area (Å²) in [5, 5.41) is 14.2. The van der Waals surface area contributed by atoms with Crippen molar-refractivity contribution in [2.75, 3.05) is 0 Å². The average molecular weight is 493 g/mol. The summed E-state index contributed by atoms with van der Waals surface area (Å²) < 4.78 is 0. The highest BCUT2D eigenvalue weighted by atomic mass is 32.4. The van der Waals surface area contributed by atoms with Crippen molar-refractivity contribution in [2.24, 2.45) is 0 Å². The summed E-state index contributed by atoms with van der Waals surface area (Å²) in [5.41, 5.74) is 2.68. The van der Waals surface area contributed by atoms with E-state index < -0.39 is 6.04 Å². The number of rotatable bonds is 1. The number of hydrogen-bond donors (Lipinski definition) is 0. The van der Waals surface area contributed by atoms with E-state index in [4.69, 9.17) is 11.8 Å². The van der Waals surface area contributed by atoms with Crippen molar-refractivity contribution in [1.82, 2.24) is 0 Å². The topological polar surface area (TPSA) is 0 Å². The van der Waals surface area contributed by atoms with E-state index in [-0.39, 0.29) is 0 Å². The first-order chi connectivity index (χ1) is 17.7. The van der Waals surface area contributed by atoms with Crippen LogP contribution < -0.4 is 15.9 Å². The normalized spacial score (nSPS) is 13.9. The fraction of sp³-hybridized carbons (Fsp3) is 0. The predicted octanol–water partition coefficient (Wildman–Crippen LogP) is 8.04. The van der Waals surface area contributed by atoms with E-state index in [1.54, 1.807) is 0 Å². The molecule has 0 saturated heterocycles. The fourth-order valence-corrected chi connectivity index (χ4v) is 10.6. The van der Waals surface area contributed by atoms with Crippen LogP contribution in [0.4, 0.5) is 0 Å². The molecular weight excluding hydrogens is 471 g/mol. The molecule has 0 amide bonds. The molecule has 0 unspecified atom stereocenters. The van der Waals surface area contributed by atoms with E-state index in [1.807, 2.05) is 0 Å². The maximum atomic E-state index is 6.83. The van der Waals surface area contributed by atoms with Gasteiger partial charge in [-0.15, -0.1) is 0 Å². The Kier molecular flexibility index (Phi) is 4.18. The van der Waals surface area contributed by atoms with Crippen molar-refractivity contribution in [3.05, 3.63) is 127 Å². The molecule has 36 heavy (non-hydrogen) atoms. The second-order valence-corrected chi connectivity index (χ2v) is 14.0. The van der Waals surface area contributed by atoms with Crippen molar-refractivity contribution >= 4 is 76.8 Å². The summed E-state index contributed by atoms with van der Waals surface area (Å²) in [7, 11) is 0. The van der Waals surface area contributed by atoms with Crippen LogP contribution in [0.1, 0.15) is 0 Å². The molecule has 1 aliphatic heterocycles. The Morgan fingerprint density at radius 1 is 0.389 bits per heavy atom. The van der Waals surface area contributed by atoms with E-state index in [0.717, 1.165) is 0 Å². The number of benzene rings is 7. The van der Waals surface area contributed by atoms with Crippen LogP contribution in [0.3, 0.4) is 0 Å². The van der Waals surface area contributed by atoms with Gasteiger partial charge in [0.1, 0.15) is 0 Å². The molecule has 7 aromatic carbocycles. The van der Waals surface area contributed by atoms with Crippen LogP contribution in [0.2, 0.25) is 0 Å². The minimum atomic E-state index is -2.23. The SMILES string of the molecule is S=P1(c2ccccc2)c2ccc3ccc4ccccc4c3c2-c2c1ccc1ccc3ccccc3c21. The van der Waals surface area contributed by atoms with Crippen LogP contribution in [-0.2, 0) is 11.8 Å². The van der Waals surface area contributed by atoms with Gasteiger partial charge in [0.25, 0.3) is 0 Å². The quantitative estimate of drug-likeness (QED) is 0.165. The van der Waals surface area contributed by atoms with Crippen LogP contribution in [0.25, 0.3) is 54.2 Å². The number of hydrogen-bond acceptors (Lipinski definition) is 1. The zero-order chi connectivity index (χ0) is 23.9. The third-order valence-corrected chi connectivity index (χ3v) is 12.8. The van der Waals surface area contributed by atoms with Gasteiger partial charge in [-0.05, 0) is 48.4 Å². The Bertz CT molecular complexity index is 1940. The highest BCUT2D eigenvalue weighted by Gasteiger charge is 2.38. The second-order valence-electron chi connectivity index (χ2n) is 9.63. The van der Waals surface area contributed by atoms with Crippen molar-refractivity contribution in [3.63, 3.8) is 0 Å². The molecule has 2 heteroatoms. The van der Waals surface area contributed by atoms with Gasteiger partial charge in [-0.1, -0.05) is 139 Å². The third kappa shape index (κ3) is 2.57. The first kappa shape index (κ1) is 20.4. The monoisotopic (exact) mass is 492 g/mol. The summed E-state index contributed by atoms with van der Waals surface area (Å²) in [5.74, 6) is 0. The number of fused-ring (bicyclic) bond motifs is 11. The lowest BCUT2D eigenvalue weighted by Gasteiger charge is -2.20. The lowest BCUT2D eigenvalue weighted by atomic mass is 9.89. The minimum Gasteiger partial charge on any atom is -0.0826 e. The van der Waals surface area contributed by atoms with E-state index >= 15 is 0 Å². The highest BCUT2D eigenvalue weighted by Crippen LogP contribution is 2.56. The molecule has 1 heterocycles. The first-order valence-electron chi connectivity index (χ1n) is 12.3. The Morgan fingerprint density at radius 2 is 0.806 bits per heavy atom. The van der Waals surface area contributed by atoms with Crippen LogP contribution >= 0.6 is 6.04 Å². The molecule has 1 aliphatic rings. The van der Waals surface area contributed by atoms with E-state index in [0.29, 0.717) is 0 Å². The lowest BCUT2D eigenvalue weighted by Crippen LogP contribution is -2.20. The Hall–Kier alpha value is -3.77. The van der Waals surface area contributed by atoms with E-state index in [9.17, 15) is 0 Å². The summed E-state index contributed by atoms with van der Waals surface area (Å²) in [4.78, 5) is 0. The van der Waals surface area contributed by atoms with Gasteiger partial charge in [0.15, 0.2) is 0 Å². The van der Waals surface area contributed by atoms with Crippen molar-refractivity contribution in [2.45, 2.75) is 0 Å². The van der Waals surface area contributed by atoms with Gasteiger partial charge in [0, 0.05) is 27.8 Å². The van der Waals surface area contributed by atoms with Gasteiger partial charge in [0.2, 0.25) is 0 Å². The molecule has 8 rings (SSSR count). The smallest absolute Gasteiger partial charge is 0.0392 e. The molecule has 0 saturated carbocycles. The standard InChI is InChI=1S/C34H21PS/c36-35(26-10-2-1-3-11-26)29-20-18-24-16-14-22-8-4-6-12-27(22)31(24)33(29)34-30(35)21-19-25-17-15-23-9-5-7-13-28(23)32(25)34/h1-21H. The van der Waals surface area contributed by atoms with Crippen LogP contribution in [0.15, 0.2) is 127 Å². The van der Waals surface area contributed by atoms with Crippen molar-refractivity contribution in [3.8, 4) is 11.1 Å². The molecule has 168 valence electrons. The minimum absolute atomic E-state index is 1.26. The van der Waals surface area contributed by atoms with Crippen LogP contribution in [0.5, 0.6) is 0 Å². The molecule has 0 bridgehead atoms. The second kappa shape index (κ2) is 7.37. The van der Waals surface area contributed by atoms with Gasteiger partial charge < -0.3 is 0 Å². The summed E-state index contributed by atoms with van der Waals surface area (Å²) in [6.45, 7) is 0. The Morgan fingerprint density at radius 3 is 1.33 bits per heavy atom. The van der Waals surface area contributed by atoms with Gasteiger partial charge in [-0.25, -0.2) is 0 Å². The van der Waals surface area contributed by atoms with Gasteiger partial charge >= 0.3 is 0 Å². The third-order valence-electron chi connectivity index (χ3n) is 7.82. The summed E-state index contributed by atoms with van der Waals surface area (Å²) >= 11 is 6.83. The zero-order valence-electron chi connectivity index (χ0n) is 19.5. The molecular formula is C34H21PS. The molecule has 0 N–H and O–H groups in total. The largest absolute Gasteiger partial charge is 0.0826 e. The van der Waals surface area contributed by atoms with Gasteiger partial charge in [0.05, 0.1) is 0 Å². The maximum Gasteiger partial charge on any atom is 0.0392 e. The van der Waals surface area contributed by atoms with Gasteiger partial charge in [-0.3, -0.25) is 0 Å². The molecule has 0 fully saturated rings. The zero-order valence-corrected chi connectivity index (χ0v) is 21.2. The van der Waals surface area contributed by atoms with Crippen molar-refractivity contribution < 1.29 is 0 Å². The predicted molar refractivity (Wildman–Crippen MR) is 162 cm³/mol. The highest BCUT2D eigenvalue weighted by molar-refractivity contribution is 8.26. The summed E-state index contributed by atoms with van der Waals surface area (Å²) in [6.07, 6.45) is 0. The van der Waals surface area contributed by atoms with E-state index in [1.165, 1.54) is 70.1 Å². The molecule has 7 aromatic rings. The maximum absolute atomic E-state index is 6.83. The molecule has 0 atom stereocenters. The van der Waals surface area contributed by atoms with Crippen molar-refractivity contribution in [1.29, 1.82) is 0 Å². The lowest BCUT2D eigenvalue weighted by molar-refractivity contribution is 1.76. The summed E-state index contributed by atoms with van der Waals surface area (Å²) in [6, 6.07) is 44.4. The molecule has 0 radical (unpaired) electrons. The molecule has 0 aliphatic carbocycles. The van der Waals surface area contributed by atoms with Gasteiger partial charge in [-0.2, -0.15) is 0 Å². The molecule has 0 spiro atoms. The Balaban J connectivity index is 1.68. The molecule has 0 aromatic heterocycles.